The summed E-state index contributed by atoms with van der Waals surface area (Å²) >= 11 is 5.82. The van der Waals surface area contributed by atoms with Gasteiger partial charge in [0.05, 0.1) is 5.02 Å². The molecule has 0 saturated carbocycles. The molecule has 1 aromatic rings. The van der Waals surface area contributed by atoms with Crippen molar-refractivity contribution < 1.29 is 19.4 Å². The summed E-state index contributed by atoms with van der Waals surface area (Å²) in [6.07, 6.45) is 0. The van der Waals surface area contributed by atoms with Crippen LogP contribution in [0.4, 0.5) is 0 Å². The Morgan fingerprint density at radius 1 is 1.29 bits per heavy atom. The summed E-state index contributed by atoms with van der Waals surface area (Å²) in [5, 5.41) is 9.22. The molecule has 0 bridgehead atoms. The van der Waals surface area contributed by atoms with Gasteiger partial charge in [-0.2, -0.15) is 0 Å². The monoisotopic (exact) mass is 214 g/mol. The summed E-state index contributed by atoms with van der Waals surface area (Å²) in [6.45, 7) is 0.726. The molecule has 1 N–H and O–H groups in total. The molecule has 0 atom stereocenters. The van der Waals surface area contributed by atoms with E-state index in [0.29, 0.717) is 24.0 Å². The van der Waals surface area contributed by atoms with Gasteiger partial charge < -0.3 is 14.6 Å². The molecule has 0 aliphatic carbocycles. The van der Waals surface area contributed by atoms with Crippen LogP contribution in [-0.4, -0.2) is 24.3 Å². The number of hydrogen-bond acceptors (Lipinski definition) is 3. The Kier molecular flexibility index (Phi) is 2.21. The topological polar surface area (TPSA) is 55.8 Å². The largest absolute Gasteiger partial charge is 0.485 e. The van der Waals surface area contributed by atoms with E-state index in [0.717, 1.165) is 0 Å². The molecule has 1 aliphatic rings. The molecule has 0 spiro atoms. The van der Waals surface area contributed by atoms with Crippen molar-refractivity contribution in [1.82, 2.24) is 0 Å². The van der Waals surface area contributed by atoms with Crippen LogP contribution in [0.5, 0.6) is 11.5 Å². The van der Waals surface area contributed by atoms with E-state index < -0.39 is 5.97 Å². The van der Waals surface area contributed by atoms with Gasteiger partial charge in [0.1, 0.15) is 18.8 Å². The van der Waals surface area contributed by atoms with Crippen LogP contribution in [0.3, 0.4) is 0 Å². The minimum Gasteiger partial charge on any atom is -0.485 e. The summed E-state index contributed by atoms with van der Waals surface area (Å²) < 4.78 is 10.4. The second-order valence-electron chi connectivity index (χ2n) is 2.76. The number of ether oxygens (including phenoxy) is 2. The molecule has 74 valence electrons. The SMILES string of the molecule is O=C(O)c1ccc(Cl)c2c1OCCO2. The Hall–Kier alpha value is -1.42. The van der Waals surface area contributed by atoms with Crippen molar-refractivity contribution in [3.8, 4) is 11.5 Å². The average molecular weight is 215 g/mol. The molecule has 1 aromatic carbocycles. The number of aromatic carboxylic acids is 1. The molecule has 1 heterocycles. The highest BCUT2D eigenvalue weighted by Gasteiger charge is 2.22. The summed E-state index contributed by atoms with van der Waals surface area (Å²) in [4.78, 5) is 10.8. The van der Waals surface area contributed by atoms with Crippen LogP contribution in [0.2, 0.25) is 5.02 Å². The van der Waals surface area contributed by atoms with Crippen LogP contribution in [0.25, 0.3) is 0 Å². The second-order valence-corrected chi connectivity index (χ2v) is 3.16. The van der Waals surface area contributed by atoms with Crippen LogP contribution in [-0.2, 0) is 0 Å². The van der Waals surface area contributed by atoms with Crippen LogP contribution >= 0.6 is 11.6 Å². The predicted octanol–water partition coefficient (Wildman–Crippen LogP) is 1.81. The van der Waals surface area contributed by atoms with Crippen LogP contribution in [0, 0.1) is 0 Å². The zero-order chi connectivity index (χ0) is 10.1. The Bertz CT molecular complexity index is 389. The van der Waals surface area contributed by atoms with Crippen molar-refractivity contribution in [1.29, 1.82) is 0 Å². The third-order valence-electron chi connectivity index (χ3n) is 1.87. The molecule has 4 nitrogen and oxygen atoms in total. The normalized spacial score (nSPS) is 13.8. The van der Waals surface area contributed by atoms with Crippen molar-refractivity contribution in [3.63, 3.8) is 0 Å². The Morgan fingerprint density at radius 3 is 2.57 bits per heavy atom. The Balaban J connectivity index is 2.59. The number of fused-ring (bicyclic) bond motifs is 1. The number of benzene rings is 1. The minimum absolute atomic E-state index is 0.0732. The Morgan fingerprint density at radius 2 is 1.93 bits per heavy atom. The molecule has 14 heavy (non-hydrogen) atoms. The van der Waals surface area contributed by atoms with Gasteiger partial charge in [0, 0.05) is 0 Å². The van der Waals surface area contributed by atoms with E-state index in [1.807, 2.05) is 0 Å². The first kappa shape index (κ1) is 9.15. The third-order valence-corrected chi connectivity index (χ3v) is 2.17. The molecular weight excluding hydrogens is 208 g/mol. The molecule has 1 aliphatic heterocycles. The molecule has 0 amide bonds. The van der Waals surface area contributed by atoms with Gasteiger partial charge in [0.2, 0.25) is 0 Å². The van der Waals surface area contributed by atoms with Gasteiger partial charge in [-0.3, -0.25) is 0 Å². The quantitative estimate of drug-likeness (QED) is 0.775. The molecule has 5 heteroatoms. The van der Waals surface area contributed by atoms with Crippen LogP contribution in [0.1, 0.15) is 10.4 Å². The molecular formula is C9H7ClO4. The standard InChI is InChI=1S/C9H7ClO4/c10-6-2-1-5(9(11)12)7-8(6)14-4-3-13-7/h1-2H,3-4H2,(H,11,12). The van der Waals surface area contributed by atoms with Gasteiger partial charge in [0.15, 0.2) is 11.5 Å². The maximum Gasteiger partial charge on any atom is 0.339 e. The molecule has 0 aromatic heterocycles. The van der Waals surface area contributed by atoms with Crippen molar-refractivity contribution in [3.05, 3.63) is 22.7 Å². The van der Waals surface area contributed by atoms with E-state index in [1.54, 1.807) is 0 Å². The number of hydrogen-bond donors (Lipinski definition) is 1. The zero-order valence-corrected chi connectivity index (χ0v) is 7.87. The lowest BCUT2D eigenvalue weighted by atomic mass is 10.2. The number of carboxylic acid groups (broad SMARTS) is 1. The first-order valence-corrected chi connectivity index (χ1v) is 4.39. The maximum atomic E-state index is 10.8. The highest BCUT2D eigenvalue weighted by atomic mass is 35.5. The lowest BCUT2D eigenvalue weighted by molar-refractivity contribution is 0.0686. The third kappa shape index (κ3) is 1.37. The van der Waals surface area contributed by atoms with Crippen LogP contribution in [0.15, 0.2) is 12.1 Å². The second kappa shape index (κ2) is 3.38. The van der Waals surface area contributed by atoms with Gasteiger partial charge in [-0.25, -0.2) is 4.79 Å². The summed E-state index contributed by atoms with van der Waals surface area (Å²) in [5.74, 6) is -0.516. The highest BCUT2D eigenvalue weighted by Crippen LogP contribution is 2.39. The molecule has 0 fully saturated rings. The fraction of sp³-hybridized carbons (Fsp3) is 0.222. The predicted molar refractivity (Wildman–Crippen MR) is 49.4 cm³/mol. The van der Waals surface area contributed by atoms with E-state index in [9.17, 15) is 4.79 Å². The van der Waals surface area contributed by atoms with E-state index in [2.05, 4.69) is 0 Å². The summed E-state index contributed by atoms with van der Waals surface area (Å²) in [6, 6.07) is 2.89. The zero-order valence-electron chi connectivity index (χ0n) is 7.12. The molecule has 0 saturated heterocycles. The van der Waals surface area contributed by atoms with E-state index in [4.69, 9.17) is 26.2 Å². The van der Waals surface area contributed by atoms with Gasteiger partial charge in [-0.05, 0) is 12.1 Å². The number of carboxylic acids is 1. The van der Waals surface area contributed by atoms with Crippen molar-refractivity contribution >= 4 is 17.6 Å². The first-order chi connectivity index (χ1) is 6.70. The summed E-state index contributed by atoms with van der Waals surface area (Å²) in [5.41, 5.74) is 0.0732. The van der Waals surface area contributed by atoms with E-state index in [-0.39, 0.29) is 11.3 Å². The average Bonchev–Trinajstić information content (AvgIpc) is 2.18. The maximum absolute atomic E-state index is 10.8. The van der Waals surface area contributed by atoms with Crippen molar-refractivity contribution in [2.24, 2.45) is 0 Å². The van der Waals surface area contributed by atoms with Gasteiger partial charge in [-0.15, -0.1) is 0 Å². The van der Waals surface area contributed by atoms with E-state index >= 15 is 0 Å². The molecule has 0 radical (unpaired) electrons. The summed E-state index contributed by atoms with van der Waals surface area (Å²) in [7, 11) is 0. The van der Waals surface area contributed by atoms with Gasteiger partial charge in [0.25, 0.3) is 0 Å². The smallest absolute Gasteiger partial charge is 0.339 e. The first-order valence-electron chi connectivity index (χ1n) is 4.01. The number of halogens is 1. The minimum atomic E-state index is -1.05. The van der Waals surface area contributed by atoms with Crippen LogP contribution < -0.4 is 9.47 Å². The lowest BCUT2D eigenvalue weighted by Crippen LogP contribution is -2.18. The Labute approximate surface area is 85.0 Å². The van der Waals surface area contributed by atoms with Crippen molar-refractivity contribution in [2.75, 3.05) is 13.2 Å². The van der Waals surface area contributed by atoms with Gasteiger partial charge >= 0.3 is 5.97 Å². The van der Waals surface area contributed by atoms with Gasteiger partial charge in [-0.1, -0.05) is 11.6 Å². The highest BCUT2D eigenvalue weighted by molar-refractivity contribution is 6.32. The fourth-order valence-electron chi connectivity index (χ4n) is 1.27. The lowest BCUT2D eigenvalue weighted by Gasteiger charge is -2.20. The molecule has 0 unspecified atom stereocenters. The number of carbonyl (C=O) groups is 1. The van der Waals surface area contributed by atoms with Crippen molar-refractivity contribution in [2.45, 2.75) is 0 Å². The molecule has 2 rings (SSSR count). The number of rotatable bonds is 1. The fourth-order valence-corrected chi connectivity index (χ4v) is 1.48. The van der Waals surface area contributed by atoms with E-state index in [1.165, 1.54) is 12.1 Å².